The summed E-state index contributed by atoms with van der Waals surface area (Å²) in [6.45, 7) is 6.00. The van der Waals surface area contributed by atoms with E-state index < -0.39 is 0 Å². The number of benzene rings is 1. The molecule has 1 amide bonds. The third kappa shape index (κ3) is 4.73. The summed E-state index contributed by atoms with van der Waals surface area (Å²) in [4.78, 5) is 30.6. The fourth-order valence-corrected chi connectivity index (χ4v) is 3.49. The smallest absolute Gasteiger partial charge is 0.267 e. The fourth-order valence-electron chi connectivity index (χ4n) is 3.49. The fraction of sp³-hybridized carbons (Fsp3) is 0.318. The van der Waals surface area contributed by atoms with Crippen molar-refractivity contribution in [1.29, 1.82) is 0 Å². The van der Waals surface area contributed by atoms with E-state index in [1.54, 1.807) is 6.92 Å². The normalized spacial score (nSPS) is 14.5. The Hall–Kier alpha value is -3.30. The number of ketones is 1. The summed E-state index contributed by atoms with van der Waals surface area (Å²) in [6, 6.07) is 7.17. The predicted octanol–water partition coefficient (Wildman–Crippen LogP) is 2.41. The lowest BCUT2D eigenvalue weighted by atomic mass is 9.99. The molecule has 0 bridgehead atoms. The van der Waals surface area contributed by atoms with Crippen LogP contribution in [0.15, 0.2) is 41.1 Å². The number of nitrogens with one attached hydrogen (secondary N) is 2. The van der Waals surface area contributed by atoms with E-state index in [4.69, 9.17) is 9.26 Å². The van der Waals surface area contributed by atoms with Crippen LogP contribution in [0, 0.1) is 12.7 Å². The summed E-state index contributed by atoms with van der Waals surface area (Å²) in [6.07, 6.45) is 1.49. The maximum absolute atomic E-state index is 13.2. The summed E-state index contributed by atoms with van der Waals surface area (Å²) < 4.78 is 23.8. The van der Waals surface area contributed by atoms with Gasteiger partial charge in [-0.1, -0.05) is 5.16 Å². The van der Waals surface area contributed by atoms with Gasteiger partial charge >= 0.3 is 0 Å². The second-order valence-electron chi connectivity index (χ2n) is 7.31. The van der Waals surface area contributed by atoms with Gasteiger partial charge in [0.25, 0.3) is 5.91 Å². The van der Waals surface area contributed by atoms with Crippen LogP contribution in [0.25, 0.3) is 11.3 Å². The second kappa shape index (κ2) is 9.23. The zero-order chi connectivity index (χ0) is 21.8. The standard InChI is InChI=1S/C22H23FN4O4/c1-14-19(20(26-31-14)15-2-4-17(23)5-3-15)21(28)16-12-18(25-13-16)22(29)24-6-7-27-8-10-30-11-9-27/h2-5,12-13,25H,6-11H2,1H3,(H,24,29). The number of aromatic amines is 1. The largest absolute Gasteiger partial charge is 0.379 e. The third-order valence-electron chi connectivity index (χ3n) is 5.21. The van der Waals surface area contributed by atoms with Crippen molar-refractivity contribution in [3.05, 3.63) is 64.9 Å². The van der Waals surface area contributed by atoms with Gasteiger partial charge in [-0.25, -0.2) is 4.39 Å². The van der Waals surface area contributed by atoms with Gasteiger partial charge in [0.1, 0.15) is 23.0 Å². The van der Waals surface area contributed by atoms with Crippen molar-refractivity contribution < 1.29 is 23.2 Å². The quantitative estimate of drug-likeness (QED) is 0.563. The monoisotopic (exact) mass is 426 g/mol. The SMILES string of the molecule is Cc1onc(-c2ccc(F)cc2)c1C(=O)c1c[nH]c(C(=O)NCCN2CCOCC2)c1. The average Bonchev–Trinajstić information content (AvgIpc) is 3.42. The summed E-state index contributed by atoms with van der Waals surface area (Å²) in [5, 5.41) is 6.82. The lowest BCUT2D eigenvalue weighted by molar-refractivity contribution is 0.0383. The average molecular weight is 426 g/mol. The molecular weight excluding hydrogens is 403 g/mol. The third-order valence-corrected chi connectivity index (χ3v) is 5.21. The Balaban J connectivity index is 1.44. The first-order valence-corrected chi connectivity index (χ1v) is 10.1. The molecule has 8 nitrogen and oxygen atoms in total. The van der Waals surface area contributed by atoms with Crippen LogP contribution in [0.2, 0.25) is 0 Å². The molecule has 2 N–H and O–H groups in total. The number of amides is 1. The number of rotatable bonds is 7. The lowest BCUT2D eigenvalue weighted by Gasteiger charge is -2.26. The molecule has 0 atom stereocenters. The second-order valence-corrected chi connectivity index (χ2v) is 7.31. The molecule has 162 valence electrons. The molecule has 0 aliphatic carbocycles. The minimum Gasteiger partial charge on any atom is -0.379 e. The molecule has 9 heteroatoms. The Morgan fingerprint density at radius 3 is 2.71 bits per heavy atom. The number of morpholine rings is 1. The summed E-state index contributed by atoms with van der Waals surface area (Å²) in [5.41, 5.74) is 1.79. The van der Waals surface area contributed by atoms with Crippen LogP contribution in [0.3, 0.4) is 0 Å². The van der Waals surface area contributed by atoms with Crippen LogP contribution >= 0.6 is 0 Å². The molecular formula is C22H23FN4O4. The zero-order valence-electron chi connectivity index (χ0n) is 17.1. The maximum Gasteiger partial charge on any atom is 0.267 e. The zero-order valence-corrected chi connectivity index (χ0v) is 17.1. The molecule has 0 radical (unpaired) electrons. The van der Waals surface area contributed by atoms with Crippen LogP contribution in [0.5, 0.6) is 0 Å². The van der Waals surface area contributed by atoms with Gasteiger partial charge in [-0.15, -0.1) is 0 Å². The maximum atomic E-state index is 13.2. The van der Waals surface area contributed by atoms with Crippen molar-refractivity contribution in [2.75, 3.05) is 39.4 Å². The topological polar surface area (TPSA) is 100 Å². The van der Waals surface area contributed by atoms with Gasteiger partial charge in [-0.2, -0.15) is 0 Å². The molecule has 1 aliphatic rings. The molecule has 3 aromatic rings. The number of H-pyrrole nitrogens is 1. The van der Waals surface area contributed by atoms with Crippen LogP contribution in [0.4, 0.5) is 4.39 Å². The van der Waals surface area contributed by atoms with Gasteiger partial charge in [-0.3, -0.25) is 14.5 Å². The van der Waals surface area contributed by atoms with E-state index in [2.05, 4.69) is 20.4 Å². The number of carbonyl (C=O) groups is 2. The van der Waals surface area contributed by atoms with E-state index in [0.29, 0.717) is 48.0 Å². The molecule has 0 unspecified atom stereocenters. The highest BCUT2D eigenvalue weighted by Gasteiger charge is 2.24. The molecule has 0 saturated carbocycles. The number of halogens is 1. The van der Waals surface area contributed by atoms with E-state index in [9.17, 15) is 14.0 Å². The summed E-state index contributed by atoms with van der Waals surface area (Å²) >= 11 is 0. The molecule has 31 heavy (non-hydrogen) atoms. The van der Waals surface area contributed by atoms with Crippen molar-refractivity contribution in [1.82, 2.24) is 20.4 Å². The van der Waals surface area contributed by atoms with Gasteiger partial charge in [-0.05, 0) is 37.3 Å². The number of nitrogens with zero attached hydrogens (tertiary/aromatic N) is 2. The Labute approximate surface area is 178 Å². The first-order valence-electron chi connectivity index (χ1n) is 10.1. The van der Waals surface area contributed by atoms with Crippen LogP contribution in [0.1, 0.15) is 32.2 Å². The first kappa shape index (κ1) is 21.0. The number of hydrogen-bond acceptors (Lipinski definition) is 6. The predicted molar refractivity (Wildman–Crippen MR) is 110 cm³/mol. The summed E-state index contributed by atoms with van der Waals surface area (Å²) in [7, 11) is 0. The molecule has 1 fully saturated rings. The Kier molecular flexibility index (Phi) is 6.24. The Bertz CT molecular complexity index is 1070. The van der Waals surface area contributed by atoms with Crippen molar-refractivity contribution in [2.24, 2.45) is 0 Å². The lowest BCUT2D eigenvalue weighted by Crippen LogP contribution is -2.41. The number of aromatic nitrogens is 2. The highest BCUT2D eigenvalue weighted by atomic mass is 19.1. The van der Waals surface area contributed by atoms with E-state index in [1.165, 1.54) is 36.5 Å². The number of hydrogen-bond donors (Lipinski definition) is 2. The number of ether oxygens (including phenoxy) is 1. The molecule has 2 aromatic heterocycles. The highest BCUT2D eigenvalue weighted by Crippen LogP contribution is 2.28. The van der Waals surface area contributed by atoms with E-state index in [0.717, 1.165) is 19.6 Å². The minimum atomic E-state index is -0.383. The molecule has 3 heterocycles. The van der Waals surface area contributed by atoms with Crippen molar-refractivity contribution >= 4 is 11.7 Å². The van der Waals surface area contributed by atoms with Crippen molar-refractivity contribution in [2.45, 2.75) is 6.92 Å². The highest BCUT2D eigenvalue weighted by molar-refractivity contribution is 6.13. The van der Waals surface area contributed by atoms with Crippen molar-refractivity contribution in [3.63, 3.8) is 0 Å². The van der Waals surface area contributed by atoms with Gasteiger partial charge in [0.05, 0.1) is 18.8 Å². The number of carbonyl (C=O) groups excluding carboxylic acids is 2. The molecule has 4 rings (SSSR count). The number of aryl methyl sites for hydroxylation is 1. The van der Waals surface area contributed by atoms with Crippen LogP contribution < -0.4 is 5.32 Å². The van der Waals surface area contributed by atoms with E-state index >= 15 is 0 Å². The van der Waals surface area contributed by atoms with Gasteiger partial charge in [0, 0.05) is 43.5 Å². The van der Waals surface area contributed by atoms with Gasteiger partial charge in [0.2, 0.25) is 0 Å². The van der Waals surface area contributed by atoms with E-state index in [-0.39, 0.29) is 23.1 Å². The van der Waals surface area contributed by atoms with Crippen LogP contribution in [-0.2, 0) is 4.74 Å². The minimum absolute atomic E-state index is 0.282. The van der Waals surface area contributed by atoms with Gasteiger partial charge < -0.3 is 19.6 Å². The van der Waals surface area contributed by atoms with Crippen molar-refractivity contribution in [3.8, 4) is 11.3 Å². The molecule has 1 aliphatic heterocycles. The molecule has 0 spiro atoms. The summed E-state index contributed by atoms with van der Waals surface area (Å²) in [5.74, 6) is -0.649. The molecule has 1 saturated heterocycles. The first-order chi connectivity index (χ1) is 15.0. The molecule has 1 aromatic carbocycles. The van der Waals surface area contributed by atoms with Crippen LogP contribution in [-0.4, -0.2) is 66.1 Å². The van der Waals surface area contributed by atoms with E-state index in [1.807, 2.05) is 0 Å². The van der Waals surface area contributed by atoms with Gasteiger partial charge in [0.15, 0.2) is 5.78 Å². The Morgan fingerprint density at radius 2 is 1.97 bits per heavy atom. The Morgan fingerprint density at radius 1 is 1.23 bits per heavy atom.